The van der Waals surface area contributed by atoms with Crippen LogP contribution in [0, 0.1) is 0 Å². The molecule has 3 heteroatoms. The van der Waals surface area contributed by atoms with Gasteiger partial charge in [0.15, 0.2) is 6.10 Å². The van der Waals surface area contributed by atoms with Crippen LogP contribution in [-0.4, -0.2) is 23.8 Å². The van der Waals surface area contributed by atoms with E-state index in [0.717, 1.165) is 12.8 Å². The molecule has 12 heavy (non-hydrogen) atoms. The summed E-state index contributed by atoms with van der Waals surface area (Å²) in [5, 5.41) is 8.58. The molecule has 1 unspecified atom stereocenters. The Hall–Kier alpha value is -0.830. The summed E-state index contributed by atoms with van der Waals surface area (Å²) >= 11 is 0. The van der Waals surface area contributed by atoms with E-state index in [2.05, 4.69) is 6.58 Å². The average Bonchev–Trinajstić information content (AvgIpc) is 2.04. The standard InChI is InChI=1S/C9H16O3/c1-3-5-6-7-12-8(4-2)9(10)11/h3,8H,1,4-7H2,2H3,(H,10,11). The zero-order valence-corrected chi connectivity index (χ0v) is 7.45. The Morgan fingerprint density at radius 3 is 2.83 bits per heavy atom. The Bertz CT molecular complexity index is 143. The van der Waals surface area contributed by atoms with Crippen molar-refractivity contribution in [2.75, 3.05) is 6.61 Å². The molecule has 0 heterocycles. The molecule has 0 aliphatic heterocycles. The van der Waals surface area contributed by atoms with Crippen LogP contribution < -0.4 is 0 Å². The van der Waals surface area contributed by atoms with Gasteiger partial charge >= 0.3 is 5.97 Å². The zero-order chi connectivity index (χ0) is 9.40. The molecule has 0 saturated carbocycles. The number of allylic oxidation sites excluding steroid dienone is 1. The number of aliphatic carboxylic acids is 1. The van der Waals surface area contributed by atoms with Crippen molar-refractivity contribution >= 4 is 5.97 Å². The van der Waals surface area contributed by atoms with Crippen molar-refractivity contribution in [1.29, 1.82) is 0 Å². The Labute approximate surface area is 73.0 Å². The summed E-state index contributed by atoms with van der Waals surface area (Å²) in [6.07, 6.45) is 3.38. The van der Waals surface area contributed by atoms with Gasteiger partial charge in [-0.25, -0.2) is 4.79 Å². The van der Waals surface area contributed by atoms with Crippen LogP contribution >= 0.6 is 0 Å². The quantitative estimate of drug-likeness (QED) is 0.470. The van der Waals surface area contributed by atoms with Crippen molar-refractivity contribution in [1.82, 2.24) is 0 Å². The molecular formula is C9H16O3. The monoisotopic (exact) mass is 172 g/mol. The van der Waals surface area contributed by atoms with Crippen LogP contribution in [0.3, 0.4) is 0 Å². The fourth-order valence-electron chi connectivity index (χ4n) is 0.817. The SMILES string of the molecule is C=CCCCOC(CC)C(=O)O. The lowest BCUT2D eigenvalue weighted by Gasteiger charge is -2.10. The molecule has 0 amide bonds. The molecule has 0 rings (SSSR count). The molecule has 0 aliphatic rings. The Kier molecular flexibility index (Phi) is 6.38. The first kappa shape index (κ1) is 11.2. The maximum Gasteiger partial charge on any atom is 0.332 e. The van der Waals surface area contributed by atoms with E-state index in [4.69, 9.17) is 9.84 Å². The molecule has 0 aromatic carbocycles. The number of hydrogen-bond donors (Lipinski definition) is 1. The number of carbonyl (C=O) groups is 1. The fraction of sp³-hybridized carbons (Fsp3) is 0.667. The Morgan fingerprint density at radius 1 is 1.75 bits per heavy atom. The van der Waals surface area contributed by atoms with Crippen LogP contribution in [0.1, 0.15) is 26.2 Å². The molecule has 0 spiro atoms. The van der Waals surface area contributed by atoms with Crippen molar-refractivity contribution in [2.45, 2.75) is 32.3 Å². The average molecular weight is 172 g/mol. The number of hydrogen-bond acceptors (Lipinski definition) is 2. The lowest BCUT2D eigenvalue weighted by atomic mass is 10.3. The Morgan fingerprint density at radius 2 is 2.42 bits per heavy atom. The van der Waals surface area contributed by atoms with Gasteiger partial charge in [-0.1, -0.05) is 13.0 Å². The largest absolute Gasteiger partial charge is 0.479 e. The summed E-state index contributed by atoms with van der Waals surface area (Å²) in [4.78, 5) is 10.4. The normalized spacial score (nSPS) is 12.4. The molecule has 0 aromatic rings. The highest BCUT2D eigenvalue weighted by Gasteiger charge is 2.13. The number of unbranched alkanes of at least 4 members (excludes halogenated alkanes) is 1. The van der Waals surface area contributed by atoms with Crippen molar-refractivity contribution in [3.63, 3.8) is 0 Å². The molecule has 0 aromatic heterocycles. The number of carboxylic acid groups (broad SMARTS) is 1. The maximum absolute atomic E-state index is 10.4. The molecule has 0 bridgehead atoms. The minimum atomic E-state index is -0.879. The minimum absolute atomic E-state index is 0.497. The van der Waals surface area contributed by atoms with E-state index in [-0.39, 0.29) is 0 Å². The highest BCUT2D eigenvalue weighted by molar-refractivity contribution is 5.72. The van der Waals surface area contributed by atoms with E-state index in [0.29, 0.717) is 13.0 Å². The smallest absolute Gasteiger partial charge is 0.332 e. The van der Waals surface area contributed by atoms with E-state index in [1.807, 2.05) is 0 Å². The summed E-state index contributed by atoms with van der Waals surface area (Å²) in [5.74, 6) is -0.879. The number of carboxylic acids is 1. The third kappa shape index (κ3) is 4.91. The number of rotatable bonds is 7. The molecule has 70 valence electrons. The van der Waals surface area contributed by atoms with Gasteiger partial charge in [-0.2, -0.15) is 0 Å². The highest BCUT2D eigenvalue weighted by Crippen LogP contribution is 2.00. The summed E-state index contributed by atoms with van der Waals surface area (Å²) < 4.78 is 5.11. The van der Waals surface area contributed by atoms with Crippen molar-refractivity contribution in [3.8, 4) is 0 Å². The second-order valence-electron chi connectivity index (χ2n) is 2.54. The van der Waals surface area contributed by atoms with Gasteiger partial charge in [-0.15, -0.1) is 6.58 Å². The topological polar surface area (TPSA) is 46.5 Å². The molecular weight excluding hydrogens is 156 g/mol. The van der Waals surface area contributed by atoms with Gasteiger partial charge in [0, 0.05) is 6.61 Å². The van der Waals surface area contributed by atoms with Gasteiger partial charge in [0.05, 0.1) is 0 Å². The third-order valence-corrected chi connectivity index (χ3v) is 1.52. The second kappa shape index (κ2) is 6.85. The second-order valence-corrected chi connectivity index (χ2v) is 2.54. The van der Waals surface area contributed by atoms with E-state index in [1.165, 1.54) is 0 Å². The highest BCUT2D eigenvalue weighted by atomic mass is 16.5. The lowest BCUT2D eigenvalue weighted by Crippen LogP contribution is -2.23. The van der Waals surface area contributed by atoms with Crippen molar-refractivity contribution < 1.29 is 14.6 Å². The molecule has 0 fully saturated rings. The van der Waals surface area contributed by atoms with Crippen LogP contribution in [0.5, 0.6) is 0 Å². The number of ether oxygens (including phenoxy) is 1. The Balaban J connectivity index is 3.44. The van der Waals surface area contributed by atoms with Gasteiger partial charge in [-0.05, 0) is 19.3 Å². The van der Waals surface area contributed by atoms with Crippen LogP contribution in [0.2, 0.25) is 0 Å². The summed E-state index contributed by atoms with van der Waals surface area (Å²) in [5.41, 5.74) is 0. The predicted octanol–water partition coefficient (Wildman–Crippen LogP) is 1.83. The predicted molar refractivity (Wildman–Crippen MR) is 47.1 cm³/mol. The molecule has 0 radical (unpaired) electrons. The zero-order valence-electron chi connectivity index (χ0n) is 7.45. The molecule has 0 saturated heterocycles. The lowest BCUT2D eigenvalue weighted by molar-refractivity contribution is -0.150. The summed E-state index contributed by atoms with van der Waals surface area (Å²) in [6.45, 7) is 5.86. The summed E-state index contributed by atoms with van der Waals surface area (Å²) in [7, 11) is 0. The molecule has 1 atom stereocenters. The molecule has 0 aliphatic carbocycles. The first-order valence-electron chi connectivity index (χ1n) is 4.17. The first-order chi connectivity index (χ1) is 5.72. The van der Waals surface area contributed by atoms with Crippen LogP contribution in [0.25, 0.3) is 0 Å². The van der Waals surface area contributed by atoms with E-state index < -0.39 is 12.1 Å². The van der Waals surface area contributed by atoms with E-state index in [9.17, 15) is 4.79 Å². The molecule has 3 nitrogen and oxygen atoms in total. The van der Waals surface area contributed by atoms with Crippen molar-refractivity contribution in [2.24, 2.45) is 0 Å². The van der Waals surface area contributed by atoms with Crippen LogP contribution in [0.4, 0.5) is 0 Å². The summed E-state index contributed by atoms with van der Waals surface area (Å²) in [6, 6.07) is 0. The van der Waals surface area contributed by atoms with Gasteiger partial charge in [0.1, 0.15) is 0 Å². The van der Waals surface area contributed by atoms with Crippen LogP contribution in [-0.2, 0) is 9.53 Å². The van der Waals surface area contributed by atoms with Crippen LogP contribution in [0.15, 0.2) is 12.7 Å². The van der Waals surface area contributed by atoms with E-state index >= 15 is 0 Å². The fourth-order valence-corrected chi connectivity index (χ4v) is 0.817. The van der Waals surface area contributed by atoms with Gasteiger partial charge in [0.25, 0.3) is 0 Å². The van der Waals surface area contributed by atoms with Gasteiger partial charge in [-0.3, -0.25) is 0 Å². The van der Waals surface area contributed by atoms with Gasteiger partial charge < -0.3 is 9.84 Å². The maximum atomic E-state index is 10.4. The first-order valence-corrected chi connectivity index (χ1v) is 4.17. The van der Waals surface area contributed by atoms with Crippen molar-refractivity contribution in [3.05, 3.63) is 12.7 Å². The van der Waals surface area contributed by atoms with E-state index in [1.54, 1.807) is 13.0 Å². The minimum Gasteiger partial charge on any atom is -0.479 e. The third-order valence-electron chi connectivity index (χ3n) is 1.52. The van der Waals surface area contributed by atoms with Gasteiger partial charge in [0.2, 0.25) is 0 Å². The molecule has 1 N–H and O–H groups in total.